The maximum absolute atomic E-state index is 12.9. The van der Waals surface area contributed by atoms with E-state index in [-0.39, 0.29) is 11.8 Å². The van der Waals surface area contributed by atoms with Crippen LogP contribution in [-0.4, -0.2) is 15.3 Å². The van der Waals surface area contributed by atoms with Gasteiger partial charge in [0.1, 0.15) is 0 Å². The van der Waals surface area contributed by atoms with Crippen LogP contribution >= 0.6 is 11.3 Å². The average molecular weight is 330 g/mol. The van der Waals surface area contributed by atoms with Crippen LogP contribution in [0.1, 0.15) is 28.4 Å². The van der Waals surface area contributed by atoms with Crippen molar-refractivity contribution in [3.05, 3.63) is 77.6 Å². The molecule has 1 aliphatic rings. The van der Waals surface area contributed by atoms with Gasteiger partial charge in [-0.15, -0.1) is 11.3 Å². The second-order valence-corrected chi connectivity index (χ2v) is 7.04. The van der Waals surface area contributed by atoms with Gasteiger partial charge in [0.2, 0.25) is 0 Å². The van der Waals surface area contributed by atoms with E-state index in [0.29, 0.717) is 6.42 Å². The molecule has 0 fully saturated rings. The molecule has 0 bridgehead atoms. The van der Waals surface area contributed by atoms with E-state index in [4.69, 9.17) is 0 Å². The Labute approximate surface area is 143 Å². The Hall–Kier alpha value is -2.72. The van der Waals surface area contributed by atoms with E-state index in [2.05, 4.69) is 33.1 Å². The molecule has 2 aromatic heterocycles. The first-order valence-corrected chi connectivity index (χ1v) is 8.81. The van der Waals surface area contributed by atoms with Gasteiger partial charge in [-0.25, -0.2) is 4.98 Å². The monoisotopic (exact) mass is 330 g/mol. The maximum atomic E-state index is 12.9. The highest BCUT2D eigenvalue weighted by Crippen LogP contribution is 2.41. The molecule has 4 heteroatoms. The Morgan fingerprint density at radius 2 is 2.08 bits per heavy atom. The molecule has 4 aromatic rings. The summed E-state index contributed by atoms with van der Waals surface area (Å²) in [5, 5.41) is 3.20. The van der Waals surface area contributed by atoms with Crippen LogP contribution in [0.4, 0.5) is 0 Å². The van der Waals surface area contributed by atoms with Crippen LogP contribution in [0.2, 0.25) is 0 Å². The number of hydrogen-bond acceptors (Lipinski definition) is 3. The van der Waals surface area contributed by atoms with Crippen molar-refractivity contribution < 1.29 is 4.79 Å². The fourth-order valence-corrected chi connectivity index (χ4v) is 4.35. The summed E-state index contributed by atoms with van der Waals surface area (Å²) in [6.07, 6.45) is 4.16. The third kappa shape index (κ3) is 1.96. The van der Waals surface area contributed by atoms with Gasteiger partial charge in [-0.2, -0.15) is 0 Å². The van der Waals surface area contributed by atoms with E-state index in [1.54, 1.807) is 11.3 Å². The zero-order valence-electron chi connectivity index (χ0n) is 12.8. The zero-order valence-corrected chi connectivity index (χ0v) is 13.7. The van der Waals surface area contributed by atoms with Crippen molar-refractivity contribution in [3.8, 4) is 11.3 Å². The predicted octanol–water partition coefficient (Wildman–Crippen LogP) is 4.94. The number of nitrogens with zero attached hydrogens (tertiary/aromatic N) is 2. The van der Waals surface area contributed by atoms with Crippen molar-refractivity contribution in [2.24, 2.45) is 0 Å². The molecule has 0 N–H and O–H groups in total. The Balaban J connectivity index is 1.52. The fourth-order valence-electron chi connectivity index (χ4n) is 3.57. The van der Waals surface area contributed by atoms with Gasteiger partial charge in [0.15, 0.2) is 5.78 Å². The minimum Gasteiger partial charge on any atom is -0.322 e. The maximum Gasteiger partial charge on any atom is 0.165 e. The summed E-state index contributed by atoms with van der Waals surface area (Å²) in [5.41, 5.74) is 4.27. The molecule has 1 unspecified atom stereocenters. The third-order valence-corrected chi connectivity index (χ3v) is 5.65. The number of aromatic nitrogens is 2. The number of rotatable bonds is 3. The van der Waals surface area contributed by atoms with Crippen LogP contribution in [0.25, 0.3) is 21.3 Å². The first-order valence-electron chi connectivity index (χ1n) is 7.93. The molecule has 1 aliphatic heterocycles. The van der Waals surface area contributed by atoms with Gasteiger partial charge in [-0.1, -0.05) is 24.3 Å². The molecule has 0 spiro atoms. The van der Waals surface area contributed by atoms with Crippen LogP contribution in [0.5, 0.6) is 0 Å². The third-order valence-electron chi connectivity index (χ3n) is 4.75. The van der Waals surface area contributed by atoms with E-state index >= 15 is 0 Å². The lowest BCUT2D eigenvalue weighted by atomic mass is 9.96. The molecule has 5 rings (SSSR count). The van der Waals surface area contributed by atoms with E-state index in [0.717, 1.165) is 16.6 Å². The normalized spacial score (nSPS) is 15.4. The fraction of sp³-hybridized carbons (Fsp3) is 0.100. The summed E-state index contributed by atoms with van der Waals surface area (Å²) in [6, 6.07) is 16.4. The first-order chi connectivity index (χ1) is 11.8. The number of carbonyl (C=O) groups is 1. The van der Waals surface area contributed by atoms with E-state index in [1.807, 2.05) is 42.9 Å². The van der Waals surface area contributed by atoms with Gasteiger partial charge in [-0.05, 0) is 40.6 Å². The highest BCUT2D eigenvalue weighted by molar-refractivity contribution is 7.17. The van der Waals surface area contributed by atoms with Gasteiger partial charge in [0, 0.05) is 22.2 Å². The number of imidazole rings is 1. The van der Waals surface area contributed by atoms with E-state index in [1.165, 1.54) is 15.8 Å². The van der Waals surface area contributed by atoms with Crippen LogP contribution in [0.15, 0.2) is 66.4 Å². The largest absolute Gasteiger partial charge is 0.322 e. The lowest BCUT2D eigenvalue weighted by Gasteiger charge is -2.14. The van der Waals surface area contributed by atoms with E-state index in [9.17, 15) is 4.79 Å². The zero-order chi connectivity index (χ0) is 16.1. The van der Waals surface area contributed by atoms with E-state index < -0.39 is 0 Å². The number of Topliss-reactive ketones (excluding diaryl/α,β-unsaturated/α-hetero) is 1. The summed E-state index contributed by atoms with van der Waals surface area (Å²) in [6.45, 7) is 0. The topological polar surface area (TPSA) is 34.9 Å². The highest BCUT2D eigenvalue weighted by atomic mass is 32.1. The van der Waals surface area contributed by atoms with Crippen molar-refractivity contribution in [1.82, 2.24) is 9.55 Å². The molecule has 0 saturated heterocycles. The van der Waals surface area contributed by atoms with Gasteiger partial charge < -0.3 is 4.57 Å². The smallest absolute Gasteiger partial charge is 0.165 e. The number of benzene rings is 2. The Bertz CT molecular complexity index is 1080. The molecule has 24 heavy (non-hydrogen) atoms. The Kier molecular flexibility index (Phi) is 2.94. The second-order valence-electron chi connectivity index (χ2n) is 6.09. The van der Waals surface area contributed by atoms with Crippen LogP contribution in [0.3, 0.4) is 0 Å². The molecule has 2 aromatic carbocycles. The summed E-state index contributed by atoms with van der Waals surface area (Å²) in [4.78, 5) is 17.1. The van der Waals surface area contributed by atoms with Crippen LogP contribution in [0, 0.1) is 0 Å². The molecule has 0 aliphatic carbocycles. The molecule has 3 heterocycles. The molecule has 0 amide bonds. The lowest BCUT2D eigenvalue weighted by Crippen LogP contribution is -2.11. The Morgan fingerprint density at radius 3 is 3.04 bits per heavy atom. The minimum atomic E-state index is 0.0318. The van der Waals surface area contributed by atoms with Gasteiger partial charge in [0.25, 0.3) is 0 Å². The molecule has 3 nitrogen and oxygen atoms in total. The Morgan fingerprint density at radius 1 is 1.17 bits per heavy atom. The van der Waals surface area contributed by atoms with Gasteiger partial charge >= 0.3 is 0 Å². The van der Waals surface area contributed by atoms with Crippen molar-refractivity contribution in [1.29, 1.82) is 0 Å². The van der Waals surface area contributed by atoms with Crippen LogP contribution in [-0.2, 0) is 0 Å². The number of thiophene rings is 1. The second kappa shape index (κ2) is 5.14. The minimum absolute atomic E-state index is 0.0318. The van der Waals surface area contributed by atoms with Gasteiger partial charge in [-0.3, -0.25) is 4.79 Å². The molecule has 0 saturated carbocycles. The van der Waals surface area contributed by atoms with Crippen molar-refractivity contribution in [2.45, 2.75) is 12.5 Å². The summed E-state index contributed by atoms with van der Waals surface area (Å²) >= 11 is 1.70. The van der Waals surface area contributed by atoms with Gasteiger partial charge in [0.05, 0.1) is 24.3 Å². The predicted molar refractivity (Wildman–Crippen MR) is 96.6 cm³/mol. The molecular weight excluding hydrogens is 316 g/mol. The lowest BCUT2D eigenvalue weighted by molar-refractivity contribution is 0.0970. The molecular formula is C20H14N2OS. The number of carbonyl (C=O) groups excluding carboxylic acids is 1. The summed E-state index contributed by atoms with van der Waals surface area (Å²) in [5.74, 6) is 0.171. The van der Waals surface area contributed by atoms with Crippen LogP contribution < -0.4 is 0 Å². The summed E-state index contributed by atoms with van der Waals surface area (Å²) in [7, 11) is 0. The molecule has 1 atom stereocenters. The SMILES string of the molecule is O=C(CC1c2ccccc2-c2cncn21)c1ccc2sccc2c1. The summed E-state index contributed by atoms with van der Waals surface area (Å²) < 4.78 is 3.33. The van der Waals surface area contributed by atoms with Crippen molar-refractivity contribution in [3.63, 3.8) is 0 Å². The average Bonchev–Trinajstić information content (AvgIpc) is 3.31. The number of fused-ring (bicyclic) bond motifs is 4. The quantitative estimate of drug-likeness (QED) is 0.499. The number of ketones is 1. The van der Waals surface area contributed by atoms with Crippen molar-refractivity contribution >= 4 is 27.2 Å². The molecule has 116 valence electrons. The first kappa shape index (κ1) is 13.7. The number of hydrogen-bond donors (Lipinski definition) is 0. The molecule has 0 radical (unpaired) electrons. The van der Waals surface area contributed by atoms with Crippen molar-refractivity contribution in [2.75, 3.05) is 0 Å². The standard InChI is InChI=1S/C20H14N2OS/c23-19(13-5-6-20-14(9-13)7-8-24-20)10-17-15-3-1-2-4-16(15)18-11-21-12-22(17)18/h1-9,11-12,17H,10H2. The highest BCUT2D eigenvalue weighted by Gasteiger charge is 2.29.